The number of hydrogen-bond donors (Lipinski definition) is 2. The first-order valence-electron chi connectivity index (χ1n) is 6.32. The third-order valence-corrected chi connectivity index (χ3v) is 4.44. The van der Waals surface area contributed by atoms with Crippen LogP contribution in [0.25, 0.3) is 0 Å². The number of rotatable bonds is 5. The average molecular weight is 291 g/mol. The molecule has 2 rings (SSSR count). The van der Waals surface area contributed by atoms with Crippen LogP contribution in [0.3, 0.4) is 0 Å². The van der Waals surface area contributed by atoms with E-state index in [4.69, 9.17) is 0 Å². The lowest BCUT2D eigenvalue weighted by Crippen LogP contribution is -2.26. The molecule has 0 aromatic heterocycles. The summed E-state index contributed by atoms with van der Waals surface area (Å²) < 4.78 is 26.7. The summed E-state index contributed by atoms with van der Waals surface area (Å²) in [5, 5.41) is 9.62. The van der Waals surface area contributed by atoms with E-state index in [-0.39, 0.29) is 17.2 Å². The monoisotopic (exact) mass is 291 g/mol. The molecule has 0 aliphatic heterocycles. The molecule has 0 spiro atoms. The van der Waals surface area contributed by atoms with Gasteiger partial charge in [0.25, 0.3) is 0 Å². The van der Waals surface area contributed by atoms with Crippen LogP contribution >= 0.6 is 0 Å². The van der Waals surface area contributed by atoms with Crippen LogP contribution in [-0.2, 0) is 16.4 Å². The first-order valence-corrected chi connectivity index (χ1v) is 7.80. The standard InChI is InChI=1S/C15H17NO3S/c1-12-5-4-7-14(11-12)20(18,19)16-10-9-13-6-2-3-8-15(13)17/h2-8,11,16-17H,9-10H2,1H3. The Labute approximate surface area is 119 Å². The largest absolute Gasteiger partial charge is 0.508 e. The molecule has 0 radical (unpaired) electrons. The SMILES string of the molecule is Cc1cccc(S(=O)(=O)NCCc2ccccc2O)c1. The van der Waals surface area contributed by atoms with Gasteiger partial charge in [-0.05, 0) is 42.7 Å². The zero-order valence-electron chi connectivity index (χ0n) is 11.2. The zero-order valence-corrected chi connectivity index (χ0v) is 12.0. The molecule has 0 atom stereocenters. The highest BCUT2D eigenvalue weighted by Crippen LogP contribution is 2.16. The minimum absolute atomic E-state index is 0.183. The van der Waals surface area contributed by atoms with Crippen LogP contribution in [0.1, 0.15) is 11.1 Å². The lowest BCUT2D eigenvalue weighted by atomic mass is 10.1. The Hall–Kier alpha value is -1.85. The molecule has 2 N–H and O–H groups in total. The van der Waals surface area contributed by atoms with Gasteiger partial charge in [-0.25, -0.2) is 13.1 Å². The first-order chi connectivity index (χ1) is 9.49. The van der Waals surface area contributed by atoms with Gasteiger partial charge in [0.15, 0.2) is 0 Å². The van der Waals surface area contributed by atoms with Crippen molar-refractivity contribution in [2.45, 2.75) is 18.2 Å². The van der Waals surface area contributed by atoms with E-state index in [1.165, 1.54) is 0 Å². The maximum absolute atomic E-state index is 12.1. The summed E-state index contributed by atoms with van der Waals surface area (Å²) >= 11 is 0. The van der Waals surface area contributed by atoms with Gasteiger partial charge in [0, 0.05) is 6.54 Å². The zero-order chi connectivity index (χ0) is 14.6. The van der Waals surface area contributed by atoms with Crippen molar-refractivity contribution in [1.82, 2.24) is 4.72 Å². The van der Waals surface area contributed by atoms with E-state index in [0.29, 0.717) is 6.42 Å². The van der Waals surface area contributed by atoms with Gasteiger partial charge in [-0.1, -0.05) is 30.3 Å². The van der Waals surface area contributed by atoms with Crippen LogP contribution in [0.15, 0.2) is 53.4 Å². The highest BCUT2D eigenvalue weighted by atomic mass is 32.2. The fourth-order valence-electron chi connectivity index (χ4n) is 1.91. The number of sulfonamides is 1. The minimum atomic E-state index is -3.50. The number of hydrogen-bond acceptors (Lipinski definition) is 3. The fraction of sp³-hybridized carbons (Fsp3) is 0.200. The molecular weight excluding hydrogens is 274 g/mol. The summed E-state index contributed by atoms with van der Waals surface area (Å²) in [6.07, 6.45) is 0.442. The molecule has 0 heterocycles. The molecule has 2 aromatic rings. The van der Waals surface area contributed by atoms with E-state index in [2.05, 4.69) is 4.72 Å². The number of benzene rings is 2. The molecule has 106 valence electrons. The van der Waals surface area contributed by atoms with E-state index in [0.717, 1.165) is 11.1 Å². The van der Waals surface area contributed by atoms with Crippen molar-refractivity contribution >= 4 is 10.0 Å². The van der Waals surface area contributed by atoms with Crippen LogP contribution in [0.2, 0.25) is 0 Å². The van der Waals surface area contributed by atoms with Crippen LogP contribution in [0.5, 0.6) is 5.75 Å². The fourth-order valence-corrected chi connectivity index (χ4v) is 3.04. The summed E-state index contributed by atoms with van der Waals surface area (Å²) in [6, 6.07) is 13.7. The molecule has 4 nitrogen and oxygen atoms in total. The Morgan fingerprint density at radius 1 is 1.10 bits per heavy atom. The Kier molecular flexibility index (Phi) is 4.42. The minimum Gasteiger partial charge on any atom is -0.508 e. The van der Waals surface area contributed by atoms with Gasteiger partial charge >= 0.3 is 0 Å². The van der Waals surface area contributed by atoms with E-state index < -0.39 is 10.0 Å². The normalized spacial score (nSPS) is 11.4. The Morgan fingerprint density at radius 3 is 2.55 bits per heavy atom. The number of aromatic hydroxyl groups is 1. The highest BCUT2D eigenvalue weighted by Gasteiger charge is 2.13. The van der Waals surface area contributed by atoms with Crippen molar-refractivity contribution in [3.8, 4) is 5.75 Å². The predicted octanol–water partition coefficient (Wildman–Crippen LogP) is 2.22. The van der Waals surface area contributed by atoms with Gasteiger partial charge in [0.2, 0.25) is 10.0 Å². The molecule has 0 amide bonds. The number of phenols is 1. The maximum Gasteiger partial charge on any atom is 0.240 e. The van der Waals surface area contributed by atoms with Crippen molar-refractivity contribution in [3.63, 3.8) is 0 Å². The smallest absolute Gasteiger partial charge is 0.240 e. The lowest BCUT2D eigenvalue weighted by Gasteiger charge is -2.08. The third kappa shape index (κ3) is 3.59. The Morgan fingerprint density at radius 2 is 1.85 bits per heavy atom. The molecule has 0 unspecified atom stereocenters. The van der Waals surface area contributed by atoms with Crippen LogP contribution in [-0.4, -0.2) is 20.1 Å². The van der Waals surface area contributed by atoms with Crippen LogP contribution < -0.4 is 4.72 Å². The lowest BCUT2D eigenvalue weighted by molar-refractivity contribution is 0.467. The molecular formula is C15H17NO3S. The number of nitrogens with one attached hydrogen (secondary N) is 1. The molecule has 5 heteroatoms. The summed E-state index contributed by atoms with van der Waals surface area (Å²) in [5.41, 5.74) is 1.62. The van der Waals surface area contributed by atoms with Crippen molar-refractivity contribution < 1.29 is 13.5 Å². The van der Waals surface area contributed by atoms with Gasteiger partial charge in [-0.15, -0.1) is 0 Å². The molecule has 0 bridgehead atoms. The van der Waals surface area contributed by atoms with Gasteiger partial charge in [0.05, 0.1) is 4.90 Å². The summed E-state index contributed by atoms with van der Waals surface area (Å²) in [7, 11) is -3.50. The summed E-state index contributed by atoms with van der Waals surface area (Å²) in [6.45, 7) is 2.09. The molecule has 0 saturated heterocycles. The van der Waals surface area contributed by atoms with Crippen molar-refractivity contribution in [3.05, 3.63) is 59.7 Å². The van der Waals surface area contributed by atoms with Crippen molar-refractivity contribution in [1.29, 1.82) is 0 Å². The van der Waals surface area contributed by atoms with Gasteiger partial charge in [0.1, 0.15) is 5.75 Å². The molecule has 0 aliphatic rings. The molecule has 20 heavy (non-hydrogen) atoms. The quantitative estimate of drug-likeness (QED) is 0.887. The number of aryl methyl sites for hydroxylation is 1. The van der Waals surface area contributed by atoms with Gasteiger partial charge < -0.3 is 5.11 Å². The van der Waals surface area contributed by atoms with E-state index in [9.17, 15) is 13.5 Å². The molecule has 2 aromatic carbocycles. The molecule has 0 saturated carbocycles. The molecule has 0 fully saturated rings. The number of para-hydroxylation sites is 1. The summed E-state index contributed by atoms with van der Waals surface area (Å²) in [4.78, 5) is 0.259. The van der Waals surface area contributed by atoms with Crippen LogP contribution in [0, 0.1) is 6.92 Å². The van der Waals surface area contributed by atoms with Gasteiger partial charge in [-0.2, -0.15) is 0 Å². The summed E-state index contributed by atoms with van der Waals surface area (Å²) in [5.74, 6) is 0.183. The second kappa shape index (κ2) is 6.07. The average Bonchev–Trinajstić information content (AvgIpc) is 2.41. The number of phenolic OH excluding ortho intramolecular Hbond substituents is 1. The molecule has 0 aliphatic carbocycles. The highest BCUT2D eigenvalue weighted by molar-refractivity contribution is 7.89. The van der Waals surface area contributed by atoms with Crippen LogP contribution in [0.4, 0.5) is 0 Å². The van der Waals surface area contributed by atoms with Gasteiger partial charge in [-0.3, -0.25) is 0 Å². The van der Waals surface area contributed by atoms with Crippen molar-refractivity contribution in [2.24, 2.45) is 0 Å². The van der Waals surface area contributed by atoms with Crippen molar-refractivity contribution in [2.75, 3.05) is 6.54 Å². The Balaban J connectivity index is 2.02. The Bertz CT molecular complexity index is 696. The van der Waals surface area contributed by atoms with E-state index in [1.54, 1.807) is 36.4 Å². The second-order valence-electron chi connectivity index (χ2n) is 4.59. The predicted molar refractivity (Wildman–Crippen MR) is 78.2 cm³/mol. The second-order valence-corrected chi connectivity index (χ2v) is 6.36. The first kappa shape index (κ1) is 14.6. The van der Waals surface area contributed by atoms with E-state index in [1.807, 2.05) is 19.1 Å². The maximum atomic E-state index is 12.1. The third-order valence-electron chi connectivity index (χ3n) is 2.98. The van der Waals surface area contributed by atoms with E-state index >= 15 is 0 Å². The topological polar surface area (TPSA) is 66.4 Å².